The zero-order valence-electron chi connectivity index (χ0n) is 12.3. The Morgan fingerprint density at radius 2 is 2.15 bits per heavy atom. The molecule has 0 spiro atoms. The molecule has 0 N–H and O–H groups in total. The molecule has 1 fully saturated rings. The largest absolute Gasteiger partial charge is 0.495 e. The summed E-state index contributed by atoms with van der Waals surface area (Å²) < 4.78 is 10.6. The maximum atomic E-state index is 8.99. The number of nitrogens with zero attached hydrogens (tertiary/aromatic N) is 2. The topological polar surface area (TPSA) is 45.5 Å². The van der Waals surface area contributed by atoms with E-state index in [0.29, 0.717) is 11.3 Å². The summed E-state index contributed by atoms with van der Waals surface area (Å²) in [5.74, 6) is 1.39. The molecular weight excluding hydrogens is 252 g/mol. The second-order valence-electron chi connectivity index (χ2n) is 5.40. The molecule has 4 heteroatoms. The summed E-state index contributed by atoms with van der Waals surface area (Å²) in [5.41, 5.74) is 1.76. The number of hydrogen-bond acceptors (Lipinski definition) is 4. The summed E-state index contributed by atoms with van der Waals surface area (Å²) in [7, 11) is 3.74. The van der Waals surface area contributed by atoms with Crippen molar-refractivity contribution in [1.82, 2.24) is 4.90 Å². The molecular formula is C16H22N2O2. The lowest BCUT2D eigenvalue weighted by atomic mass is 9.99. The van der Waals surface area contributed by atoms with Crippen molar-refractivity contribution in [3.8, 4) is 11.8 Å². The minimum Gasteiger partial charge on any atom is -0.495 e. The average Bonchev–Trinajstić information content (AvgIpc) is 2.48. The van der Waals surface area contributed by atoms with Gasteiger partial charge < -0.3 is 14.4 Å². The Morgan fingerprint density at radius 3 is 2.80 bits per heavy atom. The second-order valence-corrected chi connectivity index (χ2v) is 5.40. The summed E-state index contributed by atoms with van der Waals surface area (Å²) in [6.07, 6.45) is 2.31. The summed E-state index contributed by atoms with van der Waals surface area (Å²) >= 11 is 0. The number of nitriles is 1. The highest BCUT2D eigenvalue weighted by Gasteiger charge is 2.16. The van der Waals surface area contributed by atoms with Crippen molar-refractivity contribution in [1.29, 1.82) is 5.26 Å². The van der Waals surface area contributed by atoms with Gasteiger partial charge in [-0.15, -0.1) is 0 Å². The van der Waals surface area contributed by atoms with Gasteiger partial charge in [0.1, 0.15) is 11.8 Å². The lowest BCUT2D eigenvalue weighted by Gasteiger charge is -2.27. The van der Waals surface area contributed by atoms with E-state index in [4.69, 9.17) is 14.7 Å². The maximum Gasteiger partial charge on any atom is 0.136 e. The van der Waals surface area contributed by atoms with Crippen LogP contribution in [-0.2, 0) is 11.3 Å². The predicted molar refractivity (Wildman–Crippen MR) is 77.6 cm³/mol. The first-order valence-corrected chi connectivity index (χ1v) is 7.06. The average molecular weight is 274 g/mol. The normalized spacial score (nSPS) is 16.1. The predicted octanol–water partition coefficient (Wildman–Crippen LogP) is 2.43. The Labute approximate surface area is 120 Å². The molecule has 108 valence electrons. The van der Waals surface area contributed by atoms with E-state index in [1.807, 2.05) is 18.2 Å². The van der Waals surface area contributed by atoms with Crippen LogP contribution >= 0.6 is 0 Å². The summed E-state index contributed by atoms with van der Waals surface area (Å²) in [5, 5.41) is 8.99. The van der Waals surface area contributed by atoms with Gasteiger partial charge in [-0.25, -0.2) is 0 Å². The quantitative estimate of drug-likeness (QED) is 0.827. The zero-order valence-corrected chi connectivity index (χ0v) is 12.3. The van der Waals surface area contributed by atoms with Gasteiger partial charge in [-0.3, -0.25) is 0 Å². The molecule has 20 heavy (non-hydrogen) atoms. The first kappa shape index (κ1) is 14.8. The van der Waals surface area contributed by atoms with Crippen LogP contribution in [0.5, 0.6) is 5.75 Å². The summed E-state index contributed by atoms with van der Waals surface area (Å²) in [6.45, 7) is 3.75. The fourth-order valence-electron chi connectivity index (χ4n) is 2.67. The molecule has 0 aromatic heterocycles. The van der Waals surface area contributed by atoms with Crippen molar-refractivity contribution in [2.45, 2.75) is 19.4 Å². The molecule has 0 unspecified atom stereocenters. The van der Waals surface area contributed by atoms with E-state index in [-0.39, 0.29) is 0 Å². The van der Waals surface area contributed by atoms with Gasteiger partial charge >= 0.3 is 0 Å². The van der Waals surface area contributed by atoms with Gasteiger partial charge in [-0.05, 0) is 43.5 Å². The van der Waals surface area contributed by atoms with Crippen molar-refractivity contribution >= 4 is 0 Å². The Hall–Kier alpha value is -1.57. The van der Waals surface area contributed by atoms with Crippen molar-refractivity contribution in [2.24, 2.45) is 5.92 Å². The minimum absolute atomic E-state index is 0.586. The molecule has 0 bridgehead atoms. The van der Waals surface area contributed by atoms with Gasteiger partial charge in [0.25, 0.3) is 0 Å². The molecule has 0 atom stereocenters. The molecule has 4 nitrogen and oxygen atoms in total. The third-order valence-electron chi connectivity index (χ3n) is 3.75. The summed E-state index contributed by atoms with van der Waals surface area (Å²) in [6, 6.07) is 7.93. The number of benzene rings is 1. The van der Waals surface area contributed by atoms with Gasteiger partial charge in [0.15, 0.2) is 0 Å². The Kier molecular flexibility index (Phi) is 5.40. The fraction of sp³-hybridized carbons (Fsp3) is 0.562. The van der Waals surface area contributed by atoms with Gasteiger partial charge in [0.05, 0.1) is 12.7 Å². The van der Waals surface area contributed by atoms with Gasteiger partial charge in [-0.2, -0.15) is 5.26 Å². The van der Waals surface area contributed by atoms with Crippen LogP contribution < -0.4 is 4.74 Å². The Morgan fingerprint density at radius 1 is 1.40 bits per heavy atom. The van der Waals surface area contributed by atoms with E-state index in [0.717, 1.165) is 45.1 Å². The van der Waals surface area contributed by atoms with E-state index >= 15 is 0 Å². The first-order chi connectivity index (χ1) is 9.72. The highest BCUT2D eigenvalue weighted by atomic mass is 16.5. The molecule has 0 aliphatic carbocycles. The minimum atomic E-state index is 0.586. The number of rotatable bonds is 5. The van der Waals surface area contributed by atoms with Gasteiger partial charge in [0.2, 0.25) is 0 Å². The first-order valence-electron chi connectivity index (χ1n) is 7.06. The van der Waals surface area contributed by atoms with Crippen LogP contribution in [0.2, 0.25) is 0 Å². The standard InChI is InChI=1S/C16H22N2O2/c1-18(11-13-5-7-20-8-6-13)12-14-3-4-15(10-17)16(9-14)19-2/h3-4,9,13H,5-8,11-12H2,1-2H3. The lowest BCUT2D eigenvalue weighted by Crippen LogP contribution is -2.29. The van der Waals surface area contributed by atoms with Crippen LogP contribution in [0.3, 0.4) is 0 Å². The Balaban J connectivity index is 1.93. The fourth-order valence-corrected chi connectivity index (χ4v) is 2.67. The molecule has 2 rings (SSSR count). The molecule has 1 aliphatic rings. The molecule has 1 heterocycles. The zero-order chi connectivity index (χ0) is 14.4. The number of methoxy groups -OCH3 is 1. The molecule has 1 aliphatic heterocycles. The van der Waals surface area contributed by atoms with Crippen LogP contribution in [-0.4, -0.2) is 38.8 Å². The van der Waals surface area contributed by atoms with Gasteiger partial charge in [-0.1, -0.05) is 6.07 Å². The van der Waals surface area contributed by atoms with Crippen LogP contribution in [0.25, 0.3) is 0 Å². The van der Waals surface area contributed by atoms with Crippen molar-refractivity contribution in [3.63, 3.8) is 0 Å². The second kappa shape index (κ2) is 7.28. The smallest absolute Gasteiger partial charge is 0.136 e. The molecule has 0 amide bonds. The third-order valence-corrected chi connectivity index (χ3v) is 3.75. The molecule has 0 radical (unpaired) electrons. The van der Waals surface area contributed by atoms with E-state index in [1.165, 1.54) is 5.56 Å². The van der Waals surface area contributed by atoms with Crippen molar-refractivity contribution in [2.75, 3.05) is 33.9 Å². The Bertz CT molecular complexity index is 476. The number of ether oxygens (including phenoxy) is 2. The summed E-state index contributed by atoms with van der Waals surface area (Å²) in [4.78, 5) is 2.33. The van der Waals surface area contributed by atoms with E-state index in [1.54, 1.807) is 7.11 Å². The molecule has 1 aromatic carbocycles. The third kappa shape index (κ3) is 3.96. The van der Waals surface area contributed by atoms with Crippen LogP contribution in [0.4, 0.5) is 0 Å². The maximum absolute atomic E-state index is 8.99. The SMILES string of the molecule is COc1cc(CN(C)CC2CCOCC2)ccc1C#N. The van der Waals surface area contributed by atoms with E-state index < -0.39 is 0 Å². The van der Waals surface area contributed by atoms with Gasteiger partial charge in [0, 0.05) is 26.3 Å². The molecule has 0 saturated carbocycles. The number of hydrogen-bond donors (Lipinski definition) is 0. The molecule has 1 saturated heterocycles. The van der Waals surface area contributed by atoms with Crippen LogP contribution in [0.1, 0.15) is 24.0 Å². The van der Waals surface area contributed by atoms with Crippen molar-refractivity contribution < 1.29 is 9.47 Å². The monoisotopic (exact) mass is 274 g/mol. The van der Waals surface area contributed by atoms with E-state index in [9.17, 15) is 0 Å². The van der Waals surface area contributed by atoms with E-state index in [2.05, 4.69) is 18.0 Å². The highest BCUT2D eigenvalue weighted by Crippen LogP contribution is 2.21. The van der Waals surface area contributed by atoms with Crippen LogP contribution in [0.15, 0.2) is 18.2 Å². The highest BCUT2D eigenvalue weighted by molar-refractivity contribution is 5.45. The lowest BCUT2D eigenvalue weighted by molar-refractivity contribution is 0.0549. The molecule has 1 aromatic rings. The van der Waals surface area contributed by atoms with Crippen molar-refractivity contribution in [3.05, 3.63) is 29.3 Å². The van der Waals surface area contributed by atoms with Crippen LogP contribution in [0, 0.1) is 17.2 Å².